The van der Waals surface area contributed by atoms with Crippen molar-refractivity contribution in [2.45, 2.75) is 31.7 Å². The van der Waals surface area contributed by atoms with Gasteiger partial charge < -0.3 is 9.15 Å². The number of sulfonamides is 1. The van der Waals surface area contributed by atoms with Gasteiger partial charge in [0.1, 0.15) is 5.76 Å². The quantitative estimate of drug-likeness (QED) is 0.401. The maximum Gasteiger partial charge on any atom is 0.338 e. The SMILES string of the molecule is CCc1ccc(C(=O)COC(=O)c2cc(S(=O)(=O)NCc3ccco3)ccc2C)cc1. The fourth-order valence-corrected chi connectivity index (χ4v) is 3.89. The van der Waals surface area contributed by atoms with E-state index in [-0.39, 0.29) is 22.8 Å². The predicted octanol–water partition coefficient (Wildman–Crippen LogP) is 3.67. The Balaban J connectivity index is 1.68. The van der Waals surface area contributed by atoms with Crippen LogP contribution in [0.5, 0.6) is 0 Å². The van der Waals surface area contributed by atoms with Crippen LogP contribution in [0.1, 0.15) is 44.5 Å². The van der Waals surface area contributed by atoms with Crippen molar-refractivity contribution in [1.29, 1.82) is 0 Å². The lowest BCUT2D eigenvalue weighted by Gasteiger charge is -2.10. The number of ether oxygens (including phenoxy) is 1. The van der Waals surface area contributed by atoms with E-state index in [0.29, 0.717) is 16.9 Å². The van der Waals surface area contributed by atoms with Crippen LogP contribution in [0.15, 0.2) is 70.2 Å². The Labute approximate surface area is 181 Å². The van der Waals surface area contributed by atoms with E-state index in [4.69, 9.17) is 9.15 Å². The van der Waals surface area contributed by atoms with E-state index < -0.39 is 22.6 Å². The zero-order valence-electron chi connectivity index (χ0n) is 17.3. The summed E-state index contributed by atoms with van der Waals surface area (Å²) < 4.78 is 37.8. The standard InChI is InChI=1S/C23H23NO6S/c1-3-17-7-9-18(10-8-17)22(25)15-30-23(26)21-13-20(11-6-16(21)2)31(27,28)24-14-19-5-4-12-29-19/h4-13,24H,3,14-15H2,1-2H3. The normalized spacial score (nSPS) is 11.3. The van der Waals surface area contributed by atoms with E-state index in [0.717, 1.165) is 12.0 Å². The van der Waals surface area contributed by atoms with Gasteiger partial charge in [0.15, 0.2) is 12.4 Å². The number of rotatable bonds is 9. The van der Waals surface area contributed by atoms with Crippen LogP contribution in [0.2, 0.25) is 0 Å². The van der Waals surface area contributed by atoms with Crippen molar-refractivity contribution >= 4 is 21.8 Å². The van der Waals surface area contributed by atoms with Crippen LogP contribution in [0, 0.1) is 6.92 Å². The number of benzene rings is 2. The molecule has 1 aromatic heterocycles. The number of aryl methyl sites for hydroxylation is 2. The van der Waals surface area contributed by atoms with Crippen LogP contribution in [-0.4, -0.2) is 26.8 Å². The molecular weight excluding hydrogens is 418 g/mol. The fourth-order valence-electron chi connectivity index (χ4n) is 2.87. The van der Waals surface area contributed by atoms with Crippen molar-refractivity contribution in [3.63, 3.8) is 0 Å². The molecule has 8 heteroatoms. The van der Waals surface area contributed by atoms with Gasteiger partial charge in [0.2, 0.25) is 10.0 Å². The lowest BCUT2D eigenvalue weighted by Crippen LogP contribution is -2.23. The van der Waals surface area contributed by atoms with Crippen molar-refractivity contribution in [1.82, 2.24) is 4.72 Å². The van der Waals surface area contributed by atoms with Gasteiger partial charge in [-0.05, 0) is 48.7 Å². The van der Waals surface area contributed by atoms with Gasteiger partial charge in [-0.15, -0.1) is 0 Å². The molecule has 162 valence electrons. The fraction of sp³-hybridized carbons (Fsp3) is 0.217. The number of carbonyl (C=O) groups excluding carboxylic acids is 2. The third-order valence-electron chi connectivity index (χ3n) is 4.77. The van der Waals surface area contributed by atoms with Crippen LogP contribution in [0.4, 0.5) is 0 Å². The van der Waals surface area contributed by atoms with Gasteiger partial charge in [0.25, 0.3) is 0 Å². The van der Waals surface area contributed by atoms with Gasteiger partial charge in [-0.1, -0.05) is 37.3 Å². The van der Waals surface area contributed by atoms with E-state index in [1.807, 2.05) is 19.1 Å². The molecule has 31 heavy (non-hydrogen) atoms. The van der Waals surface area contributed by atoms with Gasteiger partial charge in [-0.25, -0.2) is 17.9 Å². The van der Waals surface area contributed by atoms with Crippen molar-refractivity contribution in [3.8, 4) is 0 Å². The van der Waals surface area contributed by atoms with Crippen LogP contribution >= 0.6 is 0 Å². The number of hydrogen-bond donors (Lipinski definition) is 1. The smallest absolute Gasteiger partial charge is 0.338 e. The van der Waals surface area contributed by atoms with Gasteiger partial charge in [0, 0.05) is 5.56 Å². The first-order valence-corrected chi connectivity index (χ1v) is 11.2. The lowest BCUT2D eigenvalue weighted by atomic mass is 10.1. The molecule has 2 aromatic carbocycles. The summed E-state index contributed by atoms with van der Waals surface area (Å²) in [5.41, 5.74) is 2.16. The molecule has 0 saturated carbocycles. The minimum atomic E-state index is -3.87. The Morgan fingerprint density at radius 2 is 1.81 bits per heavy atom. The average molecular weight is 442 g/mol. The van der Waals surface area contributed by atoms with Crippen LogP contribution in [0.25, 0.3) is 0 Å². The number of furan rings is 1. The van der Waals surface area contributed by atoms with Crippen LogP contribution in [-0.2, 0) is 27.7 Å². The highest BCUT2D eigenvalue weighted by Crippen LogP contribution is 2.17. The molecule has 0 bridgehead atoms. The summed E-state index contributed by atoms with van der Waals surface area (Å²) in [5.74, 6) is -0.641. The molecule has 0 unspecified atom stereocenters. The number of esters is 1. The Kier molecular flexibility index (Phi) is 7.04. The highest BCUT2D eigenvalue weighted by Gasteiger charge is 2.20. The number of nitrogens with one attached hydrogen (secondary N) is 1. The number of ketones is 1. The molecule has 0 aliphatic heterocycles. The van der Waals surface area contributed by atoms with E-state index in [1.165, 1.54) is 24.5 Å². The molecule has 0 fully saturated rings. The van der Waals surface area contributed by atoms with Crippen LogP contribution in [0.3, 0.4) is 0 Å². The molecule has 3 rings (SSSR count). The summed E-state index contributed by atoms with van der Waals surface area (Å²) in [4.78, 5) is 24.7. The number of carbonyl (C=O) groups is 2. The summed E-state index contributed by atoms with van der Waals surface area (Å²) in [6, 6.07) is 14.5. The maximum atomic E-state index is 12.6. The monoisotopic (exact) mass is 441 g/mol. The molecule has 0 radical (unpaired) electrons. The first-order valence-electron chi connectivity index (χ1n) is 9.72. The summed E-state index contributed by atoms with van der Waals surface area (Å²) >= 11 is 0. The average Bonchev–Trinajstić information content (AvgIpc) is 3.30. The highest BCUT2D eigenvalue weighted by atomic mass is 32.2. The molecule has 0 spiro atoms. The zero-order chi connectivity index (χ0) is 22.4. The molecule has 0 atom stereocenters. The van der Waals surface area contributed by atoms with Crippen LogP contribution < -0.4 is 4.72 Å². The third-order valence-corrected chi connectivity index (χ3v) is 6.17. The first kappa shape index (κ1) is 22.5. The van der Waals surface area contributed by atoms with Crippen molar-refractivity contribution in [3.05, 3.63) is 88.9 Å². The largest absolute Gasteiger partial charge is 0.468 e. The van der Waals surface area contributed by atoms with E-state index in [1.54, 1.807) is 31.2 Å². The predicted molar refractivity (Wildman–Crippen MR) is 114 cm³/mol. The second kappa shape index (κ2) is 9.72. The van der Waals surface area contributed by atoms with Crippen molar-refractivity contribution in [2.75, 3.05) is 6.61 Å². The third kappa shape index (κ3) is 5.68. The Bertz CT molecular complexity index is 1170. The van der Waals surface area contributed by atoms with Gasteiger partial charge in [0.05, 0.1) is 23.3 Å². The van der Waals surface area contributed by atoms with E-state index in [9.17, 15) is 18.0 Å². The molecule has 7 nitrogen and oxygen atoms in total. The number of hydrogen-bond acceptors (Lipinski definition) is 6. The summed E-state index contributed by atoms with van der Waals surface area (Å²) in [6.45, 7) is 3.22. The summed E-state index contributed by atoms with van der Waals surface area (Å²) in [5, 5.41) is 0. The minimum Gasteiger partial charge on any atom is -0.468 e. The van der Waals surface area contributed by atoms with E-state index >= 15 is 0 Å². The Morgan fingerprint density at radius 1 is 1.06 bits per heavy atom. The topological polar surface area (TPSA) is 103 Å². The molecule has 1 heterocycles. The molecular formula is C23H23NO6S. The first-order chi connectivity index (χ1) is 14.8. The second-order valence-electron chi connectivity index (χ2n) is 6.93. The highest BCUT2D eigenvalue weighted by molar-refractivity contribution is 7.89. The maximum absolute atomic E-state index is 12.6. The van der Waals surface area contributed by atoms with E-state index in [2.05, 4.69) is 4.72 Å². The number of Topliss-reactive ketones (excluding diaryl/α,β-unsaturated/α-hetero) is 1. The minimum absolute atomic E-state index is 0.0195. The molecule has 0 aliphatic rings. The van der Waals surface area contributed by atoms with Gasteiger partial charge in [-0.2, -0.15) is 0 Å². The second-order valence-corrected chi connectivity index (χ2v) is 8.70. The summed E-state index contributed by atoms with van der Waals surface area (Å²) in [6.07, 6.45) is 2.31. The summed E-state index contributed by atoms with van der Waals surface area (Å²) in [7, 11) is -3.87. The Morgan fingerprint density at radius 3 is 2.45 bits per heavy atom. The lowest BCUT2D eigenvalue weighted by molar-refractivity contribution is 0.0473. The van der Waals surface area contributed by atoms with Gasteiger partial charge >= 0.3 is 5.97 Å². The molecule has 0 amide bonds. The molecule has 3 aromatic rings. The Hall–Kier alpha value is -3.23. The van der Waals surface area contributed by atoms with Crippen molar-refractivity contribution in [2.24, 2.45) is 0 Å². The molecule has 0 saturated heterocycles. The van der Waals surface area contributed by atoms with Crippen molar-refractivity contribution < 1.29 is 27.2 Å². The molecule has 1 N–H and O–H groups in total. The zero-order valence-corrected chi connectivity index (χ0v) is 18.1. The molecule has 0 aliphatic carbocycles. The van der Waals surface area contributed by atoms with Gasteiger partial charge in [-0.3, -0.25) is 4.79 Å².